The molecule has 0 aromatic heterocycles. The zero-order valence-electron chi connectivity index (χ0n) is 36.5. The van der Waals surface area contributed by atoms with Gasteiger partial charge in [0.25, 0.3) is 0 Å². The summed E-state index contributed by atoms with van der Waals surface area (Å²) in [5.41, 5.74) is 2.56. The van der Waals surface area contributed by atoms with Gasteiger partial charge in [-0.2, -0.15) is 0 Å². The Hall–Kier alpha value is -2.75. The molecule has 9 heteroatoms. The molecule has 4 aliphatic carbocycles. The standard InChI is InChI=1S/C24H36O5.C24H40O4/c1-5-15(3)24(27)29-21-11-14(2)10-17-7-6-16(4)20(23(17)21)9-8-19-12-18(25)13-22(26)28-19;1-6-16(4)24(27)28-22-13-15(3)12-18-9-8-17(5)21(23(18)22)11-10-20(26)14-19(25)7-2/h6-7,10,14-16,18-21,23,25H,5,8-9,11-13H2,1-4H3;8-9,12,15-17,19-23,25-26H,6-7,10-11,13-14H2,1-5H3/t14-,15-,16-,18+,19?,20-,21-,23?;15-,16-,17-,19-,20?,21-,22-,23?/m00/s1. The Labute approximate surface area is 343 Å². The third kappa shape index (κ3) is 13.1. The second-order valence-corrected chi connectivity index (χ2v) is 18.5. The van der Waals surface area contributed by atoms with Crippen LogP contribution in [0.1, 0.15) is 139 Å². The molecule has 0 radical (unpaired) electrons. The first-order chi connectivity index (χ1) is 27.0. The molecule has 1 fully saturated rings. The van der Waals surface area contributed by atoms with E-state index in [2.05, 4.69) is 64.2 Å². The van der Waals surface area contributed by atoms with Crippen LogP contribution < -0.4 is 0 Å². The first-order valence-electron chi connectivity index (χ1n) is 22.5. The van der Waals surface area contributed by atoms with Crippen molar-refractivity contribution in [1.29, 1.82) is 0 Å². The number of ether oxygens (including phenoxy) is 3. The molecule has 0 spiro atoms. The van der Waals surface area contributed by atoms with Crippen LogP contribution in [0.4, 0.5) is 0 Å². The molecule has 3 N–H and O–H groups in total. The van der Waals surface area contributed by atoms with E-state index in [0.717, 1.165) is 44.9 Å². The minimum Gasteiger partial charge on any atom is -0.462 e. The number of aliphatic hydroxyl groups excluding tert-OH is 3. The summed E-state index contributed by atoms with van der Waals surface area (Å²) in [5, 5.41) is 30.0. The fraction of sp³-hybridized carbons (Fsp3) is 0.771. The lowest BCUT2D eigenvalue weighted by molar-refractivity contribution is -0.162. The van der Waals surface area contributed by atoms with Crippen LogP contribution in [-0.4, -0.2) is 69.9 Å². The summed E-state index contributed by atoms with van der Waals surface area (Å²) in [7, 11) is 0. The van der Waals surface area contributed by atoms with Gasteiger partial charge in [0.1, 0.15) is 18.3 Å². The molecular weight excluding hydrogens is 721 g/mol. The van der Waals surface area contributed by atoms with E-state index in [1.807, 2.05) is 34.6 Å². The average Bonchev–Trinajstić information content (AvgIpc) is 3.16. The van der Waals surface area contributed by atoms with Crippen molar-refractivity contribution in [3.05, 3.63) is 47.6 Å². The summed E-state index contributed by atoms with van der Waals surface area (Å²) in [6.45, 7) is 18.6. The Morgan fingerprint density at radius 1 is 0.737 bits per heavy atom. The smallest absolute Gasteiger partial charge is 0.308 e. The van der Waals surface area contributed by atoms with Gasteiger partial charge in [0.2, 0.25) is 0 Å². The largest absolute Gasteiger partial charge is 0.462 e. The van der Waals surface area contributed by atoms with Gasteiger partial charge in [-0.15, -0.1) is 0 Å². The number of rotatable bonds is 15. The number of hydrogen-bond donors (Lipinski definition) is 3. The third-order valence-electron chi connectivity index (χ3n) is 13.7. The Bertz CT molecular complexity index is 1450. The van der Waals surface area contributed by atoms with E-state index in [1.54, 1.807) is 0 Å². The fourth-order valence-corrected chi connectivity index (χ4v) is 9.71. The lowest BCUT2D eigenvalue weighted by Gasteiger charge is -2.43. The lowest BCUT2D eigenvalue weighted by Crippen LogP contribution is -2.42. The quantitative estimate of drug-likeness (QED) is 0.110. The SMILES string of the molecule is CC[C@H](C)C(=O)O[C@H]1C[C@@H](C)C=C2C=C[C@H](C)[C@H](CCC3C[C@@H](O)CC(=O)O3)C21.CC[C@H](O)CC(O)CC[C@@H]1C2C(=C[C@H](C)C[C@@H]2OC(=O)[C@@H](C)CC)C=C[C@@H]1C. The molecule has 5 aliphatic rings. The van der Waals surface area contributed by atoms with Crippen molar-refractivity contribution in [3.8, 4) is 0 Å². The minimum atomic E-state index is -0.597. The Kier molecular flexibility index (Phi) is 18.1. The molecule has 322 valence electrons. The van der Waals surface area contributed by atoms with Crippen LogP contribution in [-0.2, 0) is 28.6 Å². The van der Waals surface area contributed by atoms with Gasteiger partial charge in [-0.25, -0.2) is 0 Å². The van der Waals surface area contributed by atoms with Crippen molar-refractivity contribution in [1.82, 2.24) is 0 Å². The molecule has 5 rings (SSSR count). The maximum atomic E-state index is 12.5. The molecule has 16 atom stereocenters. The monoisotopic (exact) mass is 797 g/mol. The molecule has 1 heterocycles. The molecular formula is C48H76O9. The van der Waals surface area contributed by atoms with Gasteiger partial charge in [-0.3, -0.25) is 14.4 Å². The highest BCUT2D eigenvalue weighted by molar-refractivity contribution is 5.73. The van der Waals surface area contributed by atoms with Crippen LogP contribution in [0.25, 0.3) is 0 Å². The van der Waals surface area contributed by atoms with E-state index in [4.69, 9.17) is 14.2 Å². The molecule has 9 nitrogen and oxygen atoms in total. The van der Waals surface area contributed by atoms with Crippen LogP contribution in [0.3, 0.4) is 0 Å². The molecule has 57 heavy (non-hydrogen) atoms. The zero-order valence-corrected chi connectivity index (χ0v) is 36.5. The Balaban J connectivity index is 0.000000253. The van der Waals surface area contributed by atoms with Crippen molar-refractivity contribution in [2.24, 2.45) is 59.2 Å². The van der Waals surface area contributed by atoms with Crippen LogP contribution in [0.5, 0.6) is 0 Å². The zero-order chi connectivity index (χ0) is 42.0. The van der Waals surface area contributed by atoms with Gasteiger partial charge < -0.3 is 29.5 Å². The summed E-state index contributed by atoms with van der Waals surface area (Å²) in [6, 6.07) is 0. The number of carbonyl (C=O) groups is 3. The van der Waals surface area contributed by atoms with Gasteiger partial charge in [-0.1, -0.05) is 98.8 Å². The number of fused-ring (bicyclic) bond motifs is 2. The first kappa shape index (κ1) is 46.9. The van der Waals surface area contributed by atoms with Gasteiger partial charge in [-0.05, 0) is 111 Å². The number of allylic oxidation sites excluding steroid dienone is 6. The normalized spacial score (nSPS) is 35.4. The van der Waals surface area contributed by atoms with E-state index in [-0.39, 0.29) is 66.3 Å². The Morgan fingerprint density at radius 3 is 1.68 bits per heavy atom. The molecule has 0 aromatic carbocycles. The number of cyclic esters (lactones) is 1. The van der Waals surface area contributed by atoms with Crippen molar-refractivity contribution in [3.63, 3.8) is 0 Å². The summed E-state index contributed by atoms with van der Waals surface area (Å²) in [4.78, 5) is 36.7. The van der Waals surface area contributed by atoms with E-state index in [0.29, 0.717) is 61.2 Å². The predicted molar refractivity (Wildman–Crippen MR) is 223 cm³/mol. The predicted octanol–water partition coefficient (Wildman–Crippen LogP) is 8.85. The maximum Gasteiger partial charge on any atom is 0.308 e. The van der Waals surface area contributed by atoms with Gasteiger partial charge >= 0.3 is 17.9 Å². The number of carbonyl (C=O) groups excluding carboxylic acids is 3. The summed E-state index contributed by atoms with van der Waals surface area (Å²) in [5.74, 6) is 1.91. The molecule has 4 unspecified atom stereocenters. The molecule has 0 aromatic rings. The van der Waals surface area contributed by atoms with Gasteiger partial charge in [0.15, 0.2) is 0 Å². The van der Waals surface area contributed by atoms with Crippen molar-refractivity contribution >= 4 is 17.9 Å². The van der Waals surface area contributed by atoms with Crippen LogP contribution in [0, 0.1) is 59.2 Å². The topological polar surface area (TPSA) is 140 Å². The molecule has 0 saturated carbocycles. The highest BCUT2D eigenvalue weighted by atomic mass is 16.6. The minimum absolute atomic E-state index is 0.0722. The number of aliphatic hydroxyl groups is 3. The second-order valence-electron chi connectivity index (χ2n) is 18.5. The average molecular weight is 797 g/mol. The van der Waals surface area contributed by atoms with Gasteiger partial charge in [0, 0.05) is 18.3 Å². The lowest BCUT2D eigenvalue weighted by atomic mass is 9.65. The Morgan fingerprint density at radius 2 is 1.23 bits per heavy atom. The van der Waals surface area contributed by atoms with Crippen LogP contribution in [0.2, 0.25) is 0 Å². The number of esters is 3. The highest BCUT2D eigenvalue weighted by Crippen LogP contribution is 2.47. The molecule has 1 saturated heterocycles. The van der Waals surface area contributed by atoms with E-state index < -0.39 is 18.3 Å². The number of hydrogen-bond acceptors (Lipinski definition) is 9. The summed E-state index contributed by atoms with van der Waals surface area (Å²) < 4.78 is 17.5. The molecule has 0 amide bonds. The van der Waals surface area contributed by atoms with E-state index in [1.165, 1.54) is 11.1 Å². The molecule has 1 aliphatic heterocycles. The second kappa shape index (κ2) is 22.0. The van der Waals surface area contributed by atoms with Crippen LogP contribution >= 0.6 is 0 Å². The van der Waals surface area contributed by atoms with Crippen molar-refractivity contribution < 1.29 is 43.9 Å². The third-order valence-corrected chi connectivity index (χ3v) is 13.7. The van der Waals surface area contributed by atoms with Crippen LogP contribution in [0.15, 0.2) is 47.6 Å². The molecule has 0 bridgehead atoms. The maximum absolute atomic E-state index is 12.5. The first-order valence-corrected chi connectivity index (χ1v) is 22.5. The summed E-state index contributed by atoms with van der Waals surface area (Å²) >= 11 is 0. The highest BCUT2D eigenvalue weighted by Gasteiger charge is 2.43. The summed E-state index contributed by atoms with van der Waals surface area (Å²) in [6.07, 6.45) is 19.8. The fourth-order valence-electron chi connectivity index (χ4n) is 9.71. The van der Waals surface area contributed by atoms with Gasteiger partial charge in [0.05, 0.1) is 36.6 Å². The van der Waals surface area contributed by atoms with E-state index in [9.17, 15) is 29.7 Å². The van der Waals surface area contributed by atoms with Crippen molar-refractivity contribution in [2.75, 3.05) is 0 Å². The van der Waals surface area contributed by atoms with E-state index >= 15 is 0 Å². The van der Waals surface area contributed by atoms with Crippen molar-refractivity contribution in [2.45, 2.75) is 176 Å².